The van der Waals surface area contributed by atoms with E-state index in [0.717, 1.165) is 6.42 Å². The quantitative estimate of drug-likeness (QED) is 0.889. The maximum Gasteiger partial charge on any atom is 0.252 e. The normalized spacial score (nSPS) is 9.93. The zero-order valence-electron chi connectivity index (χ0n) is 7.81. The number of hydrogen-bond donors (Lipinski definition) is 1. The van der Waals surface area contributed by atoms with Crippen molar-refractivity contribution in [2.45, 2.75) is 13.3 Å². The molecule has 14 heavy (non-hydrogen) atoms. The van der Waals surface area contributed by atoms with Crippen LogP contribution in [-0.4, -0.2) is 12.5 Å². The van der Waals surface area contributed by atoms with Crippen LogP contribution >= 0.6 is 15.9 Å². The Balaban J connectivity index is 2.83. The number of hydrogen-bond acceptors (Lipinski definition) is 1. The van der Waals surface area contributed by atoms with Gasteiger partial charge in [-0.05, 0) is 40.5 Å². The van der Waals surface area contributed by atoms with E-state index in [1.54, 1.807) is 0 Å². The standard InChI is InChI=1S/C10H11BrFNO/c1-2-5-13-10(14)8-6-7(12)3-4-9(8)11/h3-4,6H,2,5H2,1H3,(H,13,14). The molecule has 0 saturated heterocycles. The van der Waals surface area contributed by atoms with Gasteiger partial charge in [0, 0.05) is 11.0 Å². The van der Waals surface area contributed by atoms with Crippen LogP contribution in [0.2, 0.25) is 0 Å². The Morgan fingerprint density at radius 2 is 2.29 bits per heavy atom. The van der Waals surface area contributed by atoms with Gasteiger partial charge in [-0.2, -0.15) is 0 Å². The molecule has 0 atom stereocenters. The highest BCUT2D eigenvalue weighted by Crippen LogP contribution is 2.17. The molecule has 0 radical (unpaired) electrons. The van der Waals surface area contributed by atoms with Crippen LogP contribution in [0.3, 0.4) is 0 Å². The van der Waals surface area contributed by atoms with Crippen LogP contribution in [0.15, 0.2) is 22.7 Å². The molecule has 1 N–H and O–H groups in total. The van der Waals surface area contributed by atoms with Crippen molar-refractivity contribution in [3.8, 4) is 0 Å². The molecule has 76 valence electrons. The number of nitrogens with one attached hydrogen (secondary N) is 1. The van der Waals surface area contributed by atoms with Gasteiger partial charge in [-0.25, -0.2) is 4.39 Å². The minimum absolute atomic E-state index is 0.252. The zero-order chi connectivity index (χ0) is 10.6. The maximum absolute atomic E-state index is 12.8. The predicted octanol–water partition coefficient (Wildman–Crippen LogP) is 2.73. The fraction of sp³-hybridized carbons (Fsp3) is 0.300. The molecule has 4 heteroatoms. The largest absolute Gasteiger partial charge is 0.352 e. The summed E-state index contributed by atoms with van der Waals surface area (Å²) < 4.78 is 13.4. The molecule has 0 heterocycles. The SMILES string of the molecule is CCCNC(=O)c1cc(F)ccc1Br. The molecule has 1 amide bonds. The summed E-state index contributed by atoms with van der Waals surface area (Å²) in [5.74, 6) is -0.659. The Morgan fingerprint density at radius 1 is 1.57 bits per heavy atom. The Hall–Kier alpha value is -0.900. The zero-order valence-corrected chi connectivity index (χ0v) is 9.40. The summed E-state index contributed by atoms with van der Waals surface area (Å²) in [5, 5.41) is 2.68. The van der Waals surface area contributed by atoms with Crippen LogP contribution in [0, 0.1) is 5.82 Å². The van der Waals surface area contributed by atoms with E-state index in [2.05, 4.69) is 21.2 Å². The van der Waals surface area contributed by atoms with E-state index < -0.39 is 5.82 Å². The third kappa shape index (κ3) is 2.80. The van der Waals surface area contributed by atoms with Crippen LogP contribution in [0.4, 0.5) is 4.39 Å². The number of carbonyl (C=O) groups excluding carboxylic acids is 1. The number of carbonyl (C=O) groups is 1. The van der Waals surface area contributed by atoms with Crippen molar-refractivity contribution in [3.05, 3.63) is 34.1 Å². The maximum atomic E-state index is 12.8. The fourth-order valence-corrected chi connectivity index (χ4v) is 1.43. The highest BCUT2D eigenvalue weighted by Gasteiger charge is 2.09. The molecule has 2 nitrogen and oxygen atoms in total. The molecule has 0 aromatic heterocycles. The summed E-state index contributed by atoms with van der Waals surface area (Å²) in [6, 6.07) is 4.05. The van der Waals surface area contributed by atoms with Crippen molar-refractivity contribution < 1.29 is 9.18 Å². The summed E-state index contributed by atoms with van der Waals surface area (Å²) >= 11 is 3.20. The smallest absolute Gasteiger partial charge is 0.252 e. The molecule has 0 bridgehead atoms. The number of halogens is 2. The predicted molar refractivity (Wildman–Crippen MR) is 56.7 cm³/mol. The van der Waals surface area contributed by atoms with Gasteiger partial charge in [0.25, 0.3) is 5.91 Å². The van der Waals surface area contributed by atoms with Gasteiger partial charge in [-0.3, -0.25) is 4.79 Å². The number of amides is 1. The second kappa shape index (κ2) is 5.10. The lowest BCUT2D eigenvalue weighted by atomic mass is 10.2. The van der Waals surface area contributed by atoms with Gasteiger partial charge in [0.05, 0.1) is 5.56 Å². The molecule has 0 saturated carbocycles. The second-order valence-electron chi connectivity index (χ2n) is 2.88. The van der Waals surface area contributed by atoms with E-state index in [0.29, 0.717) is 16.6 Å². The lowest BCUT2D eigenvalue weighted by Crippen LogP contribution is -2.24. The van der Waals surface area contributed by atoms with Crippen LogP contribution in [0.1, 0.15) is 23.7 Å². The minimum atomic E-state index is -0.408. The summed E-state index contributed by atoms with van der Waals surface area (Å²) in [4.78, 5) is 11.5. The first-order valence-electron chi connectivity index (χ1n) is 4.38. The van der Waals surface area contributed by atoms with E-state index in [-0.39, 0.29) is 5.91 Å². The first-order chi connectivity index (χ1) is 6.65. The molecular formula is C10H11BrFNO. The van der Waals surface area contributed by atoms with Gasteiger partial charge in [-0.15, -0.1) is 0 Å². The first kappa shape index (κ1) is 11.2. The molecule has 1 aromatic rings. The van der Waals surface area contributed by atoms with E-state index in [1.807, 2.05) is 6.92 Å². The van der Waals surface area contributed by atoms with Gasteiger partial charge in [-0.1, -0.05) is 6.92 Å². The van der Waals surface area contributed by atoms with Gasteiger partial charge in [0.1, 0.15) is 5.82 Å². The van der Waals surface area contributed by atoms with Crippen molar-refractivity contribution >= 4 is 21.8 Å². The lowest BCUT2D eigenvalue weighted by Gasteiger charge is -2.05. The molecule has 0 aliphatic rings. The molecule has 0 aliphatic carbocycles. The van der Waals surface area contributed by atoms with Gasteiger partial charge >= 0.3 is 0 Å². The van der Waals surface area contributed by atoms with Crippen molar-refractivity contribution in [2.75, 3.05) is 6.54 Å². The topological polar surface area (TPSA) is 29.1 Å². The molecule has 0 spiro atoms. The average molecular weight is 260 g/mol. The highest BCUT2D eigenvalue weighted by atomic mass is 79.9. The molecule has 1 rings (SSSR count). The van der Waals surface area contributed by atoms with Crippen LogP contribution < -0.4 is 5.32 Å². The van der Waals surface area contributed by atoms with E-state index >= 15 is 0 Å². The third-order valence-corrected chi connectivity index (χ3v) is 2.40. The molecular weight excluding hydrogens is 249 g/mol. The lowest BCUT2D eigenvalue weighted by molar-refractivity contribution is 0.0952. The average Bonchev–Trinajstić information content (AvgIpc) is 2.18. The first-order valence-corrected chi connectivity index (χ1v) is 5.17. The van der Waals surface area contributed by atoms with Crippen molar-refractivity contribution in [2.24, 2.45) is 0 Å². The van der Waals surface area contributed by atoms with Gasteiger partial charge < -0.3 is 5.32 Å². The Bertz CT molecular complexity index is 341. The van der Waals surface area contributed by atoms with Crippen molar-refractivity contribution in [1.82, 2.24) is 5.32 Å². The Morgan fingerprint density at radius 3 is 2.93 bits per heavy atom. The minimum Gasteiger partial charge on any atom is -0.352 e. The van der Waals surface area contributed by atoms with E-state index in [1.165, 1.54) is 18.2 Å². The Kier molecular flexibility index (Phi) is 4.07. The monoisotopic (exact) mass is 259 g/mol. The van der Waals surface area contributed by atoms with Crippen LogP contribution in [0.5, 0.6) is 0 Å². The molecule has 0 unspecified atom stereocenters. The number of rotatable bonds is 3. The second-order valence-corrected chi connectivity index (χ2v) is 3.73. The molecule has 1 aromatic carbocycles. The number of benzene rings is 1. The van der Waals surface area contributed by atoms with Gasteiger partial charge in [0.2, 0.25) is 0 Å². The Labute approximate surface area is 90.6 Å². The third-order valence-electron chi connectivity index (χ3n) is 1.71. The summed E-state index contributed by atoms with van der Waals surface area (Å²) in [7, 11) is 0. The van der Waals surface area contributed by atoms with Crippen molar-refractivity contribution in [1.29, 1.82) is 0 Å². The summed E-state index contributed by atoms with van der Waals surface area (Å²) in [6.07, 6.45) is 0.860. The fourth-order valence-electron chi connectivity index (χ4n) is 1.01. The summed E-state index contributed by atoms with van der Waals surface area (Å²) in [5.41, 5.74) is 0.332. The molecule has 0 aliphatic heterocycles. The summed E-state index contributed by atoms with van der Waals surface area (Å²) in [6.45, 7) is 2.56. The van der Waals surface area contributed by atoms with Crippen LogP contribution in [-0.2, 0) is 0 Å². The van der Waals surface area contributed by atoms with Crippen molar-refractivity contribution in [3.63, 3.8) is 0 Å². The highest BCUT2D eigenvalue weighted by molar-refractivity contribution is 9.10. The van der Waals surface area contributed by atoms with Crippen LogP contribution in [0.25, 0.3) is 0 Å². The molecule has 0 fully saturated rings. The van der Waals surface area contributed by atoms with E-state index in [4.69, 9.17) is 0 Å². The van der Waals surface area contributed by atoms with E-state index in [9.17, 15) is 9.18 Å². The van der Waals surface area contributed by atoms with Gasteiger partial charge in [0.15, 0.2) is 0 Å².